The number of hydrogen-bond donors (Lipinski definition) is 0. The van der Waals surface area contributed by atoms with Crippen LogP contribution in [-0.4, -0.2) is 14.5 Å². The van der Waals surface area contributed by atoms with Crippen LogP contribution in [0.1, 0.15) is 0 Å². The average Bonchev–Trinajstić information content (AvgIpc) is 3.72. The fourth-order valence-electron chi connectivity index (χ4n) is 7.23. The first-order chi connectivity index (χ1) is 23.8. The number of para-hydroxylation sites is 1. The molecule has 0 saturated heterocycles. The minimum absolute atomic E-state index is 0.602. The summed E-state index contributed by atoms with van der Waals surface area (Å²) in [5, 5.41) is 6.84. The summed E-state index contributed by atoms with van der Waals surface area (Å²) in [6.45, 7) is 0. The van der Waals surface area contributed by atoms with Crippen LogP contribution < -0.4 is 0 Å². The van der Waals surface area contributed by atoms with Gasteiger partial charge in [-0.1, -0.05) is 115 Å². The van der Waals surface area contributed by atoms with Gasteiger partial charge in [0.2, 0.25) is 5.95 Å². The largest absolute Gasteiger partial charge is 0.454 e. The zero-order chi connectivity index (χ0) is 31.6. The molecule has 0 N–H and O–H groups in total. The van der Waals surface area contributed by atoms with E-state index in [-0.39, 0.29) is 0 Å². The molecule has 48 heavy (non-hydrogen) atoms. The molecule has 0 spiro atoms. The molecule has 224 valence electrons. The molecule has 4 nitrogen and oxygen atoms in total. The van der Waals surface area contributed by atoms with Crippen molar-refractivity contribution in [2.45, 2.75) is 0 Å². The van der Waals surface area contributed by atoms with E-state index in [0.717, 1.165) is 66.0 Å². The molecule has 3 heterocycles. The van der Waals surface area contributed by atoms with Gasteiger partial charge in [-0.2, -0.15) is 0 Å². The van der Waals surface area contributed by atoms with Gasteiger partial charge in [-0.05, 0) is 75.0 Å². The van der Waals surface area contributed by atoms with Crippen molar-refractivity contribution in [2.24, 2.45) is 0 Å². The van der Waals surface area contributed by atoms with E-state index in [2.05, 4.69) is 144 Å². The lowest BCUT2D eigenvalue weighted by atomic mass is 9.94. The molecule has 0 amide bonds. The summed E-state index contributed by atoms with van der Waals surface area (Å²) in [5.74, 6) is 0.602. The molecular weight excluding hydrogens is 587 g/mol. The van der Waals surface area contributed by atoms with E-state index < -0.39 is 0 Å². The highest BCUT2D eigenvalue weighted by Crippen LogP contribution is 2.42. The van der Waals surface area contributed by atoms with Gasteiger partial charge in [-0.25, -0.2) is 9.97 Å². The molecule has 0 unspecified atom stereocenters. The van der Waals surface area contributed by atoms with E-state index >= 15 is 0 Å². The number of aromatic nitrogens is 3. The Kier molecular flexibility index (Phi) is 5.84. The first kappa shape index (κ1) is 26.7. The Bertz CT molecular complexity index is 2760. The molecule has 0 bridgehead atoms. The predicted octanol–water partition coefficient (Wildman–Crippen LogP) is 11.6. The smallest absolute Gasteiger partial charge is 0.234 e. The molecule has 0 aliphatic carbocycles. The van der Waals surface area contributed by atoms with E-state index in [0.29, 0.717) is 5.95 Å². The first-order valence-electron chi connectivity index (χ1n) is 16.1. The maximum atomic E-state index is 6.69. The third-order valence-electron chi connectivity index (χ3n) is 9.48. The topological polar surface area (TPSA) is 43.9 Å². The van der Waals surface area contributed by atoms with Crippen molar-refractivity contribution in [1.82, 2.24) is 14.5 Å². The SMILES string of the molecule is c1ccc(-c2cc(-c3ccccc3)cc(-c3cnc(-n4c5ccccc5c5ccc6c(oc7ccc8ccccc8c76)c54)nc3)c2)cc1. The third-order valence-corrected chi connectivity index (χ3v) is 9.48. The molecule has 10 aromatic rings. The van der Waals surface area contributed by atoms with Gasteiger partial charge in [0.1, 0.15) is 11.1 Å². The number of hydrogen-bond acceptors (Lipinski definition) is 3. The second-order valence-corrected chi connectivity index (χ2v) is 12.3. The lowest BCUT2D eigenvalue weighted by molar-refractivity contribution is 0.671. The van der Waals surface area contributed by atoms with E-state index in [1.165, 1.54) is 21.9 Å². The van der Waals surface area contributed by atoms with Gasteiger partial charge < -0.3 is 4.42 Å². The highest BCUT2D eigenvalue weighted by molar-refractivity contribution is 6.26. The molecule has 0 radical (unpaired) electrons. The second-order valence-electron chi connectivity index (χ2n) is 12.3. The Labute approximate surface area is 276 Å². The van der Waals surface area contributed by atoms with Gasteiger partial charge in [0.15, 0.2) is 5.58 Å². The Balaban J connectivity index is 1.18. The number of benzene rings is 7. The Hall–Kier alpha value is -6.52. The van der Waals surface area contributed by atoms with Crippen LogP contribution in [0.25, 0.3) is 93.8 Å². The van der Waals surface area contributed by atoms with Crippen molar-refractivity contribution in [3.05, 3.63) is 164 Å². The minimum Gasteiger partial charge on any atom is -0.454 e. The normalized spacial score (nSPS) is 11.8. The highest BCUT2D eigenvalue weighted by atomic mass is 16.3. The van der Waals surface area contributed by atoms with Crippen LogP contribution in [0.4, 0.5) is 0 Å². The van der Waals surface area contributed by atoms with Crippen LogP contribution in [-0.2, 0) is 0 Å². The summed E-state index contributed by atoms with van der Waals surface area (Å²) in [6.07, 6.45) is 3.88. The molecule has 7 aromatic carbocycles. The zero-order valence-electron chi connectivity index (χ0n) is 25.8. The summed E-state index contributed by atoms with van der Waals surface area (Å²) in [4.78, 5) is 10.0. The van der Waals surface area contributed by atoms with Gasteiger partial charge in [0.05, 0.1) is 5.52 Å². The molecule has 3 aromatic heterocycles. The fourth-order valence-corrected chi connectivity index (χ4v) is 7.23. The van der Waals surface area contributed by atoms with E-state index in [1.807, 2.05) is 24.5 Å². The van der Waals surface area contributed by atoms with Crippen molar-refractivity contribution in [1.29, 1.82) is 0 Å². The van der Waals surface area contributed by atoms with Crippen LogP contribution in [0, 0.1) is 0 Å². The Morgan fingerprint density at radius 2 is 1.02 bits per heavy atom. The van der Waals surface area contributed by atoms with E-state index in [1.54, 1.807) is 0 Å². The van der Waals surface area contributed by atoms with Gasteiger partial charge in [0, 0.05) is 39.5 Å². The van der Waals surface area contributed by atoms with Gasteiger partial charge >= 0.3 is 0 Å². The monoisotopic (exact) mass is 613 g/mol. The van der Waals surface area contributed by atoms with Crippen molar-refractivity contribution in [3.63, 3.8) is 0 Å². The Morgan fingerprint density at radius 1 is 0.438 bits per heavy atom. The molecule has 0 aliphatic heterocycles. The van der Waals surface area contributed by atoms with Crippen LogP contribution >= 0.6 is 0 Å². The molecule has 0 aliphatic rings. The average molecular weight is 614 g/mol. The first-order valence-corrected chi connectivity index (χ1v) is 16.1. The number of fused-ring (bicyclic) bond motifs is 9. The number of furan rings is 1. The quantitative estimate of drug-likeness (QED) is 0.198. The molecule has 0 atom stereocenters. The van der Waals surface area contributed by atoms with E-state index in [9.17, 15) is 0 Å². The van der Waals surface area contributed by atoms with Crippen molar-refractivity contribution >= 4 is 54.5 Å². The van der Waals surface area contributed by atoms with Crippen molar-refractivity contribution in [2.75, 3.05) is 0 Å². The van der Waals surface area contributed by atoms with Crippen LogP contribution in [0.5, 0.6) is 0 Å². The summed E-state index contributed by atoms with van der Waals surface area (Å²) < 4.78 is 8.84. The molecule has 0 fully saturated rings. The fraction of sp³-hybridized carbons (Fsp3) is 0. The maximum absolute atomic E-state index is 6.69. The van der Waals surface area contributed by atoms with Gasteiger partial charge in [-0.15, -0.1) is 0 Å². The van der Waals surface area contributed by atoms with Gasteiger partial charge in [0.25, 0.3) is 0 Å². The van der Waals surface area contributed by atoms with Gasteiger partial charge in [-0.3, -0.25) is 4.57 Å². The van der Waals surface area contributed by atoms with Crippen molar-refractivity contribution in [3.8, 4) is 39.3 Å². The van der Waals surface area contributed by atoms with Crippen LogP contribution in [0.2, 0.25) is 0 Å². The summed E-state index contributed by atoms with van der Waals surface area (Å²) in [5.41, 5.74) is 10.4. The third kappa shape index (κ3) is 4.10. The summed E-state index contributed by atoms with van der Waals surface area (Å²) in [7, 11) is 0. The molecular formula is C44H27N3O. The summed E-state index contributed by atoms with van der Waals surface area (Å²) in [6, 6.07) is 53.3. The predicted molar refractivity (Wildman–Crippen MR) is 197 cm³/mol. The highest BCUT2D eigenvalue weighted by Gasteiger charge is 2.21. The van der Waals surface area contributed by atoms with Crippen LogP contribution in [0.3, 0.4) is 0 Å². The summed E-state index contributed by atoms with van der Waals surface area (Å²) >= 11 is 0. The maximum Gasteiger partial charge on any atom is 0.234 e. The molecule has 0 saturated carbocycles. The Morgan fingerprint density at radius 3 is 1.73 bits per heavy atom. The standard InChI is InChI=1S/C44H27N3O/c1-3-11-28(12-4-1)31-23-32(29-13-5-2-6-14-29)25-33(24-31)34-26-45-44(46-27-34)47-39-18-10-9-17-36(39)37-20-21-38-41-35-16-8-7-15-30(35)19-22-40(41)48-43(38)42(37)47/h1-27H. The molecule has 4 heteroatoms. The number of rotatable bonds is 4. The van der Waals surface area contributed by atoms with Crippen LogP contribution in [0.15, 0.2) is 168 Å². The zero-order valence-corrected chi connectivity index (χ0v) is 25.8. The van der Waals surface area contributed by atoms with E-state index in [4.69, 9.17) is 14.4 Å². The minimum atomic E-state index is 0.602. The molecule has 10 rings (SSSR count). The second kappa shape index (κ2) is 10.5. The van der Waals surface area contributed by atoms with Crippen molar-refractivity contribution < 1.29 is 4.42 Å². The number of nitrogens with zero attached hydrogens (tertiary/aromatic N) is 3. The lowest BCUT2D eigenvalue weighted by Crippen LogP contribution is -2.01. The lowest BCUT2D eigenvalue weighted by Gasteiger charge is -2.12.